The van der Waals surface area contributed by atoms with Gasteiger partial charge in [0.1, 0.15) is 11.6 Å². The summed E-state index contributed by atoms with van der Waals surface area (Å²) in [4.78, 5) is 4.07. The summed E-state index contributed by atoms with van der Waals surface area (Å²) in [5, 5.41) is 3.07. The Bertz CT molecular complexity index is 570. The quantitative estimate of drug-likeness (QED) is 0.912. The molecule has 1 N–H and O–H groups in total. The lowest BCUT2D eigenvalue weighted by Gasteiger charge is -2.16. The Morgan fingerprint density at radius 2 is 1.90 bits per heavy atom. The average molecular weight is 278 g/mol. The third kappa shape index (κ3) is 3.11. The maximum atomic E-state index is 13.7. The molecule has 0 aliphatic heterocycles. The van der Waals surface area contributed by atoms with Gasteiger partial charge in [-0.3, -0.25) is 0 Å². The van der Waals surface area contributed by atoms with E-state index in [1.165, 1.54) is 25.3 Å². The minimum Gasteiger partial charge on any atom is -0.481 e. The van der Waals surface area contributed by atoms with Gasteiger partial charge < -0.3 is 10.1 Å². The summed E-state index contributed by atoms with van der Waals surface area (Å²) in [6.45, 7) is 2.12. The van der Waals surface area contributed by atoms with E-state index in [9.17, 15) is 8.78 Å². The molecule has 1 heterocycles. The molecule has 0 saturated heterocycles. The Morgan fingerprint density at radius 1 is 1.20 bits per heavy atom. The van der Waals surface area contributed by atoms with Crippen LogP contribution in [0, 0.1) is 11.6 Å². The Kier molecular flexibility index (Phi) is 4.63. The normalized spacial score (nSPS) is 12.2. The zero-order valence-electron chi connectivity index (χ0n) is 11.4. The van der Waals surface area contributed by atoms with Crippen molar-refractivity contribution in [1.29, 1.82) is 0 Å². The molecule has 0 amide bonds. The molecule has 5 heteroatoms. The highest BCUT2D eigenvalue weighted by Crippen LogP contribution is 2.21. The van der Waals surface area contributed by atoms with Gasteiger partial charge in [-0.25, -0.2) is 13.8 Å². The predicted octanol–water partition coefficient (Wildman–Crippen LogP) is 3.22. The van der Waals surface area contributed by atoms with Crippen LogP contribution in [0.15, 0.2) is 36.5 Å². The monoisotopic (exact) mass is 278 g/mol. The first-order chi connectivity index (χ1) is 9.63. The minimum atomic E-state index is -0.553. The van der Waals surface area contributed by atoms with Gasteiger partial charge in [0, 0.05) is 29.9 Å². The lowest BCUT2D eigenvalue weighted by Crippen LogP contribution is -2.20. The summed E-state index contributed by atoms with van der Waals surface area (Å²) >= 11 is 0. The summed E-state index contributed by atoms with van der Waals surface area (Å²) in [5.74, 6) is -0.604. The second-order valence-electron chi connectivity index (χ2n) is 4.41. The molecule has 2 aromatic rings. The van der Waals surface area contributed by atoms with Crippen LogP contribution in [0.5, 0.6) is 5.88 Å². The summed E-state index contributed by atoms with van der Waals surface area (Å²) in [7, 11) is 1.53. The van der Waals surface area contributed by atoms with E-state index in [0.717, 1.165) is 5.56 Å². The Morgan fingerprint density at radius 3 is 2.55 bits per heavy atom. The van der Waals surface area contributed by atoms with Gasteiger partial charge in [0.25, 0.3) is 0 Å². The van der Waals surface area contributed by atoms with Crippen LogP contribution in [0.25, 0.3) is 0 Å². The minimum absolute atomic E-state index is 0.0374. The second kappa shape index (κ2) is 6.43. The van der Waals surface area contributed by atoms with E-state index in [-0.39, 0.29) is 5.56 Å². The first-order valence-corrected chi connectivity index (χ1v) is 6.28. The smallest absolute Gasteiger partial charge is 0.217 e. The first-order valence-electron chi connectivity index (χ1n) is 6.28. The molecule has 0 aliphatic carbocycles. The van der Waals surface area contributed by atoms with Crippen LogP contribution in [0.1, 0.15) is 24.1 Å². The molecular weight excluding hydrogens is 262 g/mol. The Balaban J connectivity index is 2.11. The second-order valence-corrected chi connectivity index (χ2v) is 4.41. The summed E-state index contributed by atoms with van der Waals surface area (Å²) in [6.07, 6.45) is 1.63. The van der Waals surface area contributed by atoms with E-state index in [2.05, 4.69) is 10.3 Å². The molecule has 0 spiro atoms. The van der Waals surface area contributed by atoms with Crippen molar-refractivity contribution in [2.75, 3.05) is 7.11 Å². The fourth-order valence-corrected chi connectivity index (χ4v) is 2.03. The molecule has 1 unspecified atom stereocenters. The van der Waals surface area contributed by atoms with Crippen LogP contribution in [-0.2, 0) is 6.54 Å². The van der Waals surface area contributed by atoms with Crippen molar-refractivity contribution in [2.45, 2.75) is 19.5 Å². The van der Waals surface area contributed by atoms with Gasteiger partial charge >= 0.3 is 0 Å². The summed E-state index contributed by atoms with van der Waals surface area (Å²) < 4.78 is 32.4. The molecule has 0 bridgehead atoms. The fourth-order valence-electron chi connectivity index (χ4n) is 2.03. The van der Waals surface area contributed by atoms with Crippen molar-refractivity contribution in [2.24, 2.45) is 0 Å². The number of aromatic nitrogens is 1. The van der Waals surface area contributed by atoms with Crippen LogP contribution >= 0.6 is 0 Å². The fraction of sp³-hybridized carbons (Fsp3) is 0.267. The van der Waals surface area contributed by atoms with E-state index in [4.69, 9.17) is 4.74 Å². The van der Waals surface area contributed by atoms with Gasteiger partial charge in [-0.15, -0.1) is 0 Å². The van der Waals surface area contributed by atoms with Crippen LogP contribution in [-0.4, -0.2) is 12.1 Å². The van der Waals surface area contributed by atoms with Crippen LogP contribution in [0.4, 0.5) is 8.78 Å². The summed E-state index contributed by atoms with van der Waals surface area (Å²) in [5.41, 5.74) is 0.869. The van der Waals surface area contributed by atoms with Crippen molar-refractivity contribution < 1.29 is 13.5 Å². The Hall–Kier alpha value is -2.01. The van der Waals surface area contributed by atoms with Crippen LogP contribution in [0.3, 0.4) is 0 Å². The maximum Gasteiger partial charge on any atom is 0.217 e. The molecule has 0 saturated carbocycles. The molecule has 0 fully saturated rings. The van der Waals surface area contributed by atoms with E-state index >= 15 is 0 Å². The SMILES string of the molecule is COc1ncccc1CNC(C)c1c(F)cccc1F. The van der Waals surface area contributed by atoms with Crippen molar-refractivity contribution in [3.63, 3.8) is 0 Å². The van der Waals surface area contributed by atoms with Gasteiger partial charge in [-0.05, 0) is 25.1 Å². The van der Waals surface area contributed by atoms with Gasteiger partial charge in [-0.1, -0.05) is 12.1 Å². The topological polar surface area (TPSA) is 34.1 Å². The van der Waals surface area contributed by atoms with E-state index in [1.54, 1.807) is 19.2 Å². The first kappa shape index (κ1) is 14.4. The largest absolute Gasteiger partial charge is 0.481 e. The van der Waals surface area contributed by atoms with Crippen LogP contribution in [0.2, 0.25) is 0 Å². The molecule has 2 rings (SSSR count). The highest BCUT2D eigenvalue weighted by Gasteiger charge is 2.16. The summed E-state index contributed by atoms with van der Waals surface area (Å²) in [6, 6.07) is 7.03. The third-order valence-electron chi connectivity index (χ3n) is 3.07. The molecule has 106 valence electrons. The lowest BCUT2D eigenvalue weighted by atomic mass is 10.1. The molecule has 20 heavy (non-hydrogen) atoms. The van der Waals surface area contributed by atoms with Crippen molar-refractivity contribution >= 4 is 0 Å². The van der Waals surface area contributed by atoms with Gasteiger partial charge in [-0.2, -0.15) is 0 Å². The van der Waals surface area contributed by atoms with Crippen LogP contribution < -0.4 is 10.1 Å². The number of nitrogens with one attached hydrogen (secondary N) is 1. The predicted molar refractivity (Wildman–Crippen MR) is 72.4 cm³/mol. The van der Waals surface area contributed by atoms with Crippen molar-refractivity contribution in [1.82, 2.24) is 10.3 Å². The molecule has 0 radical (unpaired) electrons. The van der Waals surface area contributed by atoms with E-state index in [0.29, 0.717) is 12.4 Å². The van der Waals surface area contributed by atoms with Crippen molar-refractivity contribution in [3.8, 4) is 5.88 Å². The molecule has 1 atom stereocenters. The van der Waals surface area contributed by atoms with Crippen molar-refractivity contribution in [3.05, 3.63) is 59.3 Å². The zero-order chi connectivity index (χ0) is 14.5. The van der Waals surface area contributed by atoms with Gasteiger partial charge in [0.05, 0.1) is 7.11 Å². The van der Waals surface area contributed by atoms with Gasteiger partial charge in [0.2, 0.25) is 5.88 Å². The standard InChI is InChI=1S/C15H16F2N2O/c1-10(14-12(16)6-3-7-13(14)17)19-9-11-5-4-8-18-15(11)20-2/h3-8,10,19H,9H2,1-2H3. The number of pyridine rings is 1. The molecule has 0 aliphatic rings. The Labute approximate surface area is 116 Å². The number of halogens is 2. The van der Waals surface area contributed by atoms with E-state index in [1.807, 2.05) is 6.07 Å². The average Bonchev–Trinajstić information content (AvgIpc) is 2.45. The molecule has 3 nitrogen and oxygen atoms in total. The number of nitrogens with zero attached hydrogens (tertiary/aromatic N) is 1. The third-order valence-corrected chi connectivity index (χ3v) is 3.07. The number of hydrogen-bond acceptors (Lipinski definition) is 3. The maximum absolute atomic E-state index is 13.7. The van der Waals surface area contributed by atoms with Gasteiger partial charge in [0.15, 0.2) is 0 Å². The number of ether oxygens (including phenoxy) is 1. The highest BCUT2D eigenvalue weighted by atomic mass is 19.1. The zero-order valence-corrected chi connectivity index (χ0v) is 11.4. The van der Waals surface area contributed by atoms with E-state index < -0.39 is 17.7 Å². The number of hydrogen-bond donors (Lipinski definition) is 1. The highest BCUT2D eigenvalue weighted by molar-refractivity contribution is 5.26. The molecule has 1 aromatic heterocycles. The lowest BCUT2D eigenvalue weighted by molar-refractivity contribution is 0.388. The number of rotatable bonds is 5. The molecule has 1 aromatic carbocycles. The number of benzene rings is 1. The number of methoxy groups -OCH3 is 1. The molecular formula is C15H16F2N2O.